The molecule has 0 saturated carbocycles. The number of hydrogen-bond acceptors (Lipinski definition) is 3. The molecule has 0 aromatic carbocycles. The van der Waals surface area contributed by atoms with E-state index in [2.05, 4.69) is 13.3 Å². The van der Waals surface area contributed by atoms with Crippen LogP contribution in [0.2, 0.25) is 0 Å². The van der Waals surface area contributed by atoms with Gasteiger partial charge in [-0.1, -0.05) is 0 Å². The first-order valence-corrected chi connectivity index (χ1v) is 7.68. The molecule has 0 heterocycles. The van der Waals surface area contributed by atoms with Crippen molar-refractivity contribution in [2.75, 3.05) is 0 Å². The van der Waals surface area contributed by atoms with Gasteiger partial charge < -0.3 is 13.3 Å². The van der Waals surface area contributed by atoms with Crippen molar-refractivity contribution >= 4 is 9.53 Å². The number of halogens is 15. The van der Waals surface area contributed by atoms with Gasteiger partial charge >= 0.3 is 40.4 Å². The highest BCUT2D eigenvalue weighted by Crippen LogP contribution is 2.39. The zero-order valence-corrected chi connectivity index (χ0v) is 13.9. The molecular weight excluding hydrogens is 469 g/mol. The molecule has 0 amide bonds. The summed E-state index contributed by atoms with van der Waals surface area (Å²) in [6.45, 7) is -0.112. The maximum atomic E-state index is 12.4. The summed E-state index contributed by atoms with van der Waals surface area (Å²) in [7, 11) is -6.01. The monoisotopic (exact) mass is 476 g/mol. The summed E-state index contributed by atoms with van der Waals surface area (Å²) in [5.41, 5.74) is 0. The molecule has 0 fully saturated rings. The summed E-state index contributed by atoms with van der Waals surface area (Å²) in [5, 5.41) is 0. The molecule has 0 aliphatic heterocycles. The molecule has 19 heteroatoms. The molecule has 0 aliphatic carbocycles. The third kappa shape index (κ3) is 8.60. The van der Waals surface area contributed by atoms with Crippen LogP contribution < -0.4 is 0 Å². The molecule has 0 rings (SSSR count). The molecule has 1 unspecified atom stereocenters. The van der Waals surface area contributed by atoms with E-state index in [0.717, 1.165) is 0 Å². The van der Waals surface area contributed by atoms with Crippen LogP contribution in [0.3, 0.4) is 0 Å². The molecule has 1 atom stereocenters. The zero-order chi connectivity index (χ0) is 22.9. The van der Waals surface area contributed by atoms with Crippen LogP contribution in [-0.2, 0) is 13.3 Å². The van der Waals surface area contributed by atoms with Crippen molar-refractivity contribution in [1.82, 2.24) is 0 Å². The van der Waals surface area contributed by atoms with E-state index in [-0.39, 0.29) is 6.92 Å². The Kier molecular flexibility index (Phi) is 8.14. The second-order valence-electron chi connectivity index (χ2n) is 4.81. The highest BCUT2D eigenvalue weighted by molar-refractivity contribution is 6.36. The quantitative estimate of drug-likeness (QED) is 0.412. The van der Waals surface area contributed by atoms with Crippen molar-refractivity contribution in [2.45, 2.75) is 56.1 Å². The summed E-state index contributed by atoms with van der Waals surface area (Å²) in [4.78, 5) is 0. The average Bonchev–Trinajstić information content (AvgIpc) is 2.34. The fourth-order valence-electron chi connectivity index (χ4n) is 1.24. The van der Waals surface area contributed by atoms with Crippen molar-refractivity contribution in [3.8, 4) is 0 Å². The summed E-state index contributed by atoms with van der Waals surface area (Å²) < 4.78 is 195. The van der Waals surface area contributed by atoms with E-state index >= 15 is 0 Å². The average molecular weight is 476 g/mol. The van der Waals surface area contributed by atoms with Gasteiger partial charge in [0, 0.05) is 0 Å². The fourth-order valence-corrected chi connectivity index (χ4v) is 2.98. The van der Waals surface area contributed by atoms with Gasteiger partial charge in [0.25, 0.3) is 0 Å². The Morgan fingerprint density at radius 1 is 0.464 bits per heavy atom. The Balaban J connectivity index is 5.94. The van der Waals surface area contributed by atoms with Crippen LogP contribution in [0, 0.1) is 0 Å². The molecule has 170 valence electrons. The van der Waals surface area contributed by atoms with Crippen LogP contribution in [0.15, 0.2) is 0 Å². The van der Waals surface area contributed by atoms with Crippen LogP contribution in [-0.4, -0.2) is 58.7 Å². The van der Waals surface area contributed by atoms with E-state index in [0.29, 0.717) is 0 Å². The minimum atomic E-state index is -6.47. The smallest absolute Gasteiger partial charge is 0.363 e. The Bertz CT molecular complexity index is 427. The second-order valence-corrected chi connectivity index (χ2v) is 6.20. The van der Waals surface area contributed by atoms with Gasteiger partial charge in [-0.3, -0.25) is 0 Å². The highest BCUT2D eigenvalue weighted by atomic mass is 28.3. The first-order valence-electron chi connectivity index (χ1n) is 6.27. The predicted molar refractivity (Wildman–Crippen MR) is 57.7 cm³/mol. The third-order valence-electron chi connectivity index (χ3n) is 2.46. The zero-order valence-electron chi connectivity index (χ0n) is 12.7. The molecule has 0 aliphatic rings. The van der Waals surface area contributed by atoms with Crippen molar-refractivity contribution in [1.29, 1.82) is 0 Å². The fraction of sp³-hybridized carbons (Fsp3) is 1.00. The van der Waals surface area contributed by atoms with Gasteiger partial charge in [-0.05, 0) is 6.92 Å². The molecular formula is C9H7F15O3Si. The lowest BCUT2D eigenvalue weighted by Gasteiger charge is -2.32. The van der Waals surface area contributed by atoms with E-state index in [1.165, 1.54) is 0 Å². The summed E-state index contributed by atoms with van der Waals surface area (Å²) >= 11 is 0. The summed E-state index contributed by atoms with van der Waals surface area (Å²) in [6.07, 6.45) is -45.0. The van der Waals surface area contributed by atoms with E-state index in [9.17, 15) is 65.9 Å². The van der Waals surface area contributed by atoms with E-state index in [4.69, 9.17) is 0 Å². The first-order chi connectivity index (χ1) is 12.0. The van der Waals surface area contributed by atoms with Gasteiger partial charge in [0.1, 0.15) is 6.10 Å². The number of rotatable bonds is 6. The summed E-state index contributed by atoms with van der Waals surface area (Å²) in [6, 6.07) is 0. The predicted octanol–water partition coefficient (Wildman–Crippen LogP) is 4.69. The molecule has 0 radical (unpaired) electrons. The van der Waals surface area contributed by atoms with Crippen molar-refractivity contribution in [2.24, 2.45) is 0 Å². The van der Waals surface area contributed by atoms with Crippen LogP contribution in [0.4, 0.5) is 65.9 Å². The molecule has 0 spiro atoms. The Hall–Kier alpha value is -0.953. The maximum Gasteiger partial charge on any atom is 0.486 e. The Morgan fingerprint density at radius 2 is 0.714 bits per heavy atom. The maximum absolute atomic E-state index is 12.4. The SMILES string of the molecule is CC(O[SiH](OC(C(F)(F)F)C(F)(F)F)OC(C(F)(F)F)C(F)(F)F)C(F)(F)F. The third-order valence-corrected chi connectivity index (χ3v) is 4.08. The molecule has 0 aromatic heterocycles. The van der Waals surface area contributed by atoms with Gasteiger partial charge in [0.15, 0.2) is 0 Å². The standard InChI is InChI=1S/C9H7F15O3Si/c1-2(5(10,11)12)25-28(26-3(6(13,14)15)7(16,17)18)27-4(8(19,20)21)9(22,23)24/h2-4,28H,1H3. The van der Waals surface area contributed by atoms with Gasteiger partial charge in [-0.25, -0.2) is 0 Å². The molecule has 0 saturated heterocycles. The minimum Gasteiger partial charge on any atom is -0.363 e. The van der Waals surface area contributed by atoms with E-state index in [1.54, 1.807) is 0 Å². The minimum absolute atomic E-state index is 0.112. The topological polar surface area (TPSA) is 27.7 Å². The number of alkyl halides is 15. The largest absolute Gasteiger partial charge is 0.486 e. The van der Waals surface area contributed by atoms with E-state index < -0.39 is 58.7 Å². The second kappa shape index (κ2) is 8.42. The van der Waals surface area contributed by atoms with Crippen molar-refractivity contribution in [3.05, 3.63) is 0 Å². The number of hydrogen-bond donors (Lipinski definition) is 0. The van der Waals surface area contributed by atoms with Crippen molar-refractivity contribution in [3.63, 3.8) is 0 Å². The molecule has 0 aromatic rings. The molecule has 3 nitrogen and oxygen atoms in total. The lowest BCUT2D eigenvalue weighted by molar-refractivity contribution is -0.326. The van der Waals surface area contributed by atoms with Crippen LogP contribution >= 0.6 is 0 Å². The normalized spacial score (nSPS) is 16.4. The molecule has 0 bridgehead atoms. The highest BCUT2D eigenvalue weighted by Gasteiger charge is 2.63. The lowest BCUT2D eigenvalue weighted by atomic mass is 10.3. The first kappa shape index (κ1) is 27.0. The van der Waals surface area contributed by atoms with Crippen LogP contribution in [0.25, 0.3) is 0 Å². The van der Waals surface area contributed by atoms with Gasteiger partial charge in [-0.2, -0.15) is 65.9 Å². The van der Waals surface area contributed by atoms with Crippen molar-refractivity contribution < 1.29 is 79.1 Å². The Labute approximate surface area is 146 Å². The van der Waals surface area contributed by atoms with Gasteiger partial charge in [0.2, 0.25) is 12.2 Å². The van der Waals surface area contributed by atoms with Gasteiger partial charge in [-0.15, -0.1) is 0 Å². The van der Waals surface area contributed by atoms with Crippen LogP contribution in [0.5, 0.6) is 0 Å². The van der Waals surface area contributed by atoms with Gasteiger partial charge in [0.05, 0.1) is 0 Å². The Morgan fingerprint density at radius 3 is 0.893 bits per heavy atom. The van der Waals surface area contributed by atoms with Crippen LogP contribution in [0.1, 0.15) is 6.92 Å². The molecule has 28 heavy (non-hydrogen) atoms. The van der Waals surface area contributed by atoms with E-state index in [1.807, 2.05) is 0 Å². The summed E-state index contributed by atoms with van der Waals surface area (Å²) in [5.74, 6) is 0. The lowest BCUT2D eigenvalue weighted by Crippen LogP contribution is -2.54. The molecule has 0 N–H and O–H groups in total.